The van der Waals surface area contributed by atoms with Crippen molar-refractivity contribution >= 4 is 23.7 Å². The first-order valence-corrected chi connectivity index (χ1v) is 6.02. The number of esters is 2. The summed E-state index contributed by atoms with van der Waals surface area (Å²) >= 11 is 0. The SMILES string of the molecule is COC(=O)C[C@@H](C(=O)OC)N1C(=N)c2ccncc2C1=O. The highest BCUT2D eigenvalue weighted by Crippen LogP contribution is 2.25. The fourth-order valence-corrected chi connectivity index (χ4v) is 2.09. The first-order chi connectivity index (χ1) is 10.0. The molecule has 1 amide bonds. The van der Waals surface area contributed by atoms with Gasteiger partial charge < -0.3 is 9.47 Å². The Balaban J connectivity index is 2.38. The molecule has 1 atom stereocenters. The number of pyridine rings is 1. The predicted molar refractivity (Wildman–Crippen MR) is 69.7 cm³/mol. The van der Waals surface area contributed by atoms with Gasteiger partial charge in [0.1, 0.15) is 11.9 Å². The van der Waals surface area contributed by atoms with Crippen molar-refractivity contribution in [1.29, 1.82) is 5.41 Å². The first kappa shape index (κ1) is 14.6. The van der Waals surface area contributed by atoms with Gasteiger partial charge in [0.2, 0.25) is 0 Å². The molecule has 1 N–H and O–H groups in total. The average Bonchev–Trinajstić information content (AvgIpc) is 2.76. The van der Waals surface area contributed by atoms with E-state index < -0.39 is 30.3 Å². The number of carbonyl (C=O) groups is 3. The molecule has 1 aliphatic heterocycles. The molecule has 110 valence electrons. The molecule has 0 bridgehead atoms. The van der Waals surface area contributed by atoms with Crippen molar-refractivity contribution < 1.29 is 23.9 Å². The maximum absolute atomic E-state index is 12.3. The van der Waals surface area contributed by atoms with Gasteiger partial charge in [-0.25, -0.2) is 4.79 Å². The Labute approximate surface area is 120 Å². The molecule has 8 nitrogen and oxygen atoms in total. The standard InChI is InChI=1S/C13H13N3O5/c1-20-10(17)5-9(13(19)21-2)16-11(14)7-3-4-15-6-8(7)12(16)18/h3-4,6,9,14H,5H2,1-2H3/t9-/m0/s1. The van der Waals surface area contributed by atoms with Crippen LogP contribution in [0.5, 0.6) is 0 Å². The summed E-state index contributed by atoms with van der Waals surface area (Å²) < 4.78 is 9.13. The van der Waals surface area contributed by atoms with E-state index in [0.717, 1.165) is 12.0 Å². The molecule has 1 aromatic heterocycles. The van der Waals surface area contributed by atoms with Gasteiger partial charge in [0.05, 0.1) is 26.2 Å². The van der Waals surface area contributed by atoms with Gasteiger partial charge in [0, 0.05) is 18.0 Å². The van der Waals surface area contributed by atoms with Crippen LogP contribution < -0.4 is 0 Å². The fraction of sp³-hybridized carbons (Fsp3) is 0.308. The second-order valence-corrected chi connectivity index (χ2v) is 4.26. The molecule has 0 saturated carbocycles. The van der Waals surface area contributed by atoms with Crippen LogP contribution >= 0.6 is 0 Å². The minimum absolute atomic E-state index is 0.170. The first-order valence-electron chi connectivity index (χ1n) is 6.02. The molecular formula is C13H13N3O5. The molecule has 0 spiro atoms. The topological polar surface area (TPSA) is 110 Å². The summed E-state index contributed by atoms with van der Waals surface area (Å²) in [5.41, 5.74) is 0.565. The number of methoxy groups -OCH3 is 2. The van der Waals surface area contributed by atoms with Gasteiger partial charge in [-0.15, -0.1) is 0 Å². The summed E-state index contributed by atoms with van der Waals surface area (Å²) in [6, 6.07) is 0.261. The largest absolute Gasteiger partial charge is 0.469 e. The molecule has 0 unspecified atom stereocenters. The summed E-state index contributed by atoms with van der Waals surface area (Å²) in [4.78, 5) is 40.4. The smallest absolute Gasteiger partial charge is 0.329 e. The summed E-state index contributed by atoms with van der Waals surface area (Å²) in [6.45, 7) is 0. The molecule has 21 heavy (non-hydrogen) atoms. The molecule has 1 aromatic rings. The Bertz CT molecular complexity index is 593. The third-order valence-electron chi connectivity index (χ3n) is 3.14. The number of amidine groups is 1. The summed E-state index contributed by atoms with van der Waals surface area (Å²) in [6.07, 6.45) is 2.37. The minimum Gasteiger partial charge on any atom is -0.469 e. The quantitative estimate of drug-likeness (QED) is 0.780. The van der Waals surface area contributed by atoms with E-state index in [9.17, 15) is 14.4 Å². The number of carbonyl (C=O) groups excluding carboxylic acids is 3. The Morgan fingerprint density at radius 2 is 2.05 bits per heavy atom. The van der Waals surface area contributed by atoms with Gasteiger partial charge in [-0.2, -0.15) is 0 Å². The van der Waals surface area contributed by atoms with Gasteiger partial charge in [-0.05, 0) is 6.07 Å². The number of hydrogen-bond donors (Lipinski definition) is 1. The van der Waals surface area contributed by atoms with E-state index in [1.807, 2.05) is 0 Å². The third kappa shape index (κ3) is 2.47. The van der Waals surface area contributed by atoms with Gasteiger partial charge >= 0.3 is 11.9 Å². The Morgan fingerprint density at radius 3 is 2.62 bits per heavy atom. The molecule has 0 saturated heterocycles. The third-order valence-corrected chi connectivity index (χ3v) is 3.14. The van der Waals surface area contributed by atoms with Crippen LogP contribution in [0, 0.1) is 5.41 Å². The number of nitrogens with zero attached hydrogens (tertiary/aromatic N) is 2. The molecule has 0 aliphatic carbocycles. The molecule has 2 heterocycles. The number of rotatable bonds is 4. The minimum atomic E-state index is -1.24. The number of fused-ring (bicyclic) bond motifs is 1. The summed E-state index contributed by atoms with van der Waals surface area (Å²) in [5.74, 6) is -2.21. The highest BCUT2D eigenvalue weighted by Gasteiger charge is 2.42. The van der Waals surface area contributed by atoms with Crippen molar-refractivity contribution in [3.05, 3.63) is 29.6 Å². The highest BCUT2D eigenvalue weighted by molar-refractivity contribution is 6.23. The molecular weight excluding hydrogens is 278 g/mol. The lowest BCUT2D eigenvalue weighted by atomic mass is 10.1. The zero-order valence-electron chi connectivity index (χ0n) is 11.5. The number of nitrogens with one attached hydrogen (secondary N) is 1. The molecule has 8 heteroatoms. The van der Waals surface area contributed by atoms with Crippen molar-refractivity contribution in [2.45, 2.75) is 12.5 Å². The van der Waals surface area contributed by atoms with E-state index in [2.05, 4.69) is 14.5 Å². The van der Waals surface area contributed by atoms with Crippen molar-refractivity contribution in [2.75, 3.05) is 14.2 Å². The van der Waals surface area contributed by atoms with Gasteiger partial charge in [-0.3, -0.25) is 24.9 Å². The average molecular weight is 291 g/mol. The zero-order chi connectivity index (χ0) is 15.6. The number of hydrogen-bond acceptors (Lipinski definition) is 7. The van der Waals surface area contributed by atoms with E-state index in [-0.39, 0.29) is 11.4 Å². The number of ether oxygens (including phenoxy) is 2. The van der Waals surface area contributed by atoms with Crippen LogP contribution in [-0.2, 0) is 19.1 Å². The van der Waals surface area contributed by atoms with E-state index in [4.69, 9.17) is 5.41 Å². The van der Waals surface area contributed by atoms with Crippen molar-refractivity contribution in [3.63, 3.8) is 0 Å². The molecule has 0 fully saturated rings. The van der Waals surface area contributed by atoms with Crippen LogP contribution in [0.25, 0.3) is 0 Å². The Morgan fingerprint density at radius 1 is 1.33 bits per heavy atom. The predicted octanol–water partition coefficient (Wildman–Crippen LogP) is -0.0325. The lowest BCUT2D eigenvalue weighted by Gasteiger charge is -2.24. The van der Waals surface area contributed by atoms with Gasteiger partial charge in [-0.1, -0.05) is 0 Å². The van der Waals surface area contributed by atoms with Crippen molar-refractivity contribution in [3.8, 4) is 0 Å². The van der Waals surface area contributed by atoms with E-state index >= 15 is 0 Å². The van der Waals surface area contributed by atoms with Gasteiger partial charge in [0.15, 0.2) is 0 Å². The van der Waals surface area contributed by atoms with Gasteiger partial charge in [0.25, 0.3) is 5.91 Å². The number of aromatic nitrogens is 1. The Kier molecular flexibility index (Phi) is 3.97. The lowest BCUT2D eigenvalue weighted by molar-refractivity contribution is -0.151. The molecule has 0 radical (unpaired) electrons. The van der Waals surface area contributed by atoms with Crippen LogP contribution in [-0.4, -0.2) is 53.8 Å². The maximum atomic E-state index is 12.3. The Hall–Kier alpha value is -2.77. The highest BCUT2D eigenvalue weighted by atomic mass is 16.5. The van der Waals surface area contributed by atoms with E-state index in [1.165, 1.54) is 25.6 Å². The lowest BCUT2D eigenvalue weighted by Crippen LogP contribution is -2.46. The van der Waals surface area contributed by atoms with Crippen LogP contribution in [0.1, 0.15) is 22.3 Å². The van der Waals surface area contributed by atoms with E-state index in [0.29, 0.717) is 5.56 Å². The summed E-state index contributed by atoms with van der Waals surface area (Å²) in [7, 11) is 2.32. The zero-order valence-corrected chi connectivity index (χ0v) is 11.5. The van der Waals surface area contributed by atoms with Crippen LogP contribution in [0.15, 0.2) is 18.5 Å². The van der Waals surface area contributed by atoms with Crippen LogP contribution in [0.3, 0.4) is 0 Å². The molecule has 1 aliphatic rings. The second-order valence-electron chi connectivity index (χ2n) is 4.26. The van der Waals surface area contributed by atoms with Crippen molar-refractivity contribution in [2.24, 2.45) is 0 Å². The van der Waals surface area contributed by atoms with Crippen molar-refractivity contribution in [1.82, 2.24) is 9.88 Å². The van der Waals surface area contributed by atoms with Crippen LogP contribution in [0.4, 0.5) is 0 Å². The van der Waals surface area contributed by atoms with Crippen LogP contribution in [0.2, 0.25) is 0 Å². The maximum Gasteiger partial charge on any atom is 0.329 e. The second kappa shape index (κ2) is 5.70. The van der Waals surface area contributed by atoms with E-state index in [1.54, 1.807) is 0 Å². The number of amides is 1. The molecule has 0 aromatic carbocycles. The monoisotopic (exact) mass is 291 g/mol. The fourth-order valence-electron chi connectivity index (χ4n) is 2.09. The summed E-state index contributed by atoms with van der Waals surface area (Å²) in [5, 5.41) is 8.04. The molecule has 2 rings (SSSR count). The normalized spacial score (nSPS) is 14.7.